The number of carboxylic acid groups (broad SMARTS) is 1. The number of aromatic carboxylic acids is 1. The zero-order valence-corrected chi connectivity index (χ0v) is 11.1. The standard InChI is InChI=1S/C11H15NO6S/c1-2-17-5-6-18-9-4-3-8(11(13)14)7-10(9)19(12,15)16/h3-4,7H,2,5-6H2,1H3,(H,13,14)(H2,12,15,16). The van der Waals surface area contributed by atoms with E-state index in [2.05, 4.69) is 0 Å². The normalized spacial score (nSPS) is 11.3. The first-order valence-corrected chi connectivity index (χ1v) is 7.01. The Balaban J connectivity index is 3.00. The van der Waals surface area contributed by atoms with Gasteiger partial charge in [0.1, 0.15) is 17.3 Å². The maximum atomic E-state index is 11.4. The lowest BCUT2D eigenvalue weighted by molar-refractivity contribution is 0.0696. The second-order valence-corrected chi connectivity index (χ2v) is 5.09. The summed E-state index contributed by atoms with van der Waals surface area (Å²) in [6.45, 7) is 2.77. The van der Waals surface area contributed by atoms with Gasteiger partial charge < -0.3 is 14.6 Å². The first-order valence-electron chi connectivity index (χ1n) is 5.47. The van der Waals surface area contributed by atoms with E-state index < -0.39 is 16.0 Å². The van der Waals surface area contributed by atoms with Crippen molar-refractivity contribution in [3.63, 3.8) is 0 Å². The summed E-state index contributed by atoms with van der Waals surface area (Å²) in [4.78, 5) is 10.4. The molecule has 106 valence electrons. The van der Waals surface area contributed by atoms with Gasteiger partial charge in [0.15, 0.2) is 0 Å². The third kappa shape index (κ3) is 4.51. The van der Waals surface area contributed by atoms with Gasteiger partial charge in [-0.3, -0.25) is 0 Å². The minimum Gasteiger partial charge on any atom is -0.490 e. The summed E-state index contributed by atoms with van der Waals surface area (Å²) in [5, 5.41) is 13.8. The maximum absolute atomic E-state index is 11.4. The highest BCUT2D eigenvalue weighted by molar-refractivity contribution is 7.89. The fraction of sp³-hybridized carbons (Fsp3) is 0.364. The molecule has 0 fully saturated rings. The quantitative estimate of drug-likeness (QED) is 0.704. The Morgan fingerprint density at radius 2 is 2.05 bits per heavy atom. The van der Waals surface area contributed by atoms with Crippen molar-refractivity contribution < 1.29 is 27.8 Å². The third-order valence-electron chi connectivity index (χ3n) is 2.19. The number of nitrogens with two attached hydrogens (primary N) is 1. The van der Waals surface area contributed by atoms with E-state index in [0.717, 1.165) is 6.07 Å². The van der Waals surface area contributed by atoms with Crippen molar-refractivity contribution in [2.75, 3.05) is 19.8 Å². The molecule has 0 heterocycles. The lowest BCUT2D eigenvalue weighted by Gasteiger charge is -2.10. The van der Waals surface area contributed by atoms with Crippen LogP contribution in [0.1, 0.15) is 17.3 Å². The molecular weight excluding hydrogens is 274 g/mol. The molecule has 0 saturated carbocycles. The summed E-state index contributed by atoms with van der Waals surface area (Å²) < 4.78 is 33.0. The molecule has 0 radical (unpaired) electrons. The number of primary sulfonamides is 1. The molecule has 1 rings (SSSR count). The number of carboxylic acids is 1. The number of benzene rings is 1. The van der Waals surface area contributed by atoms with Crippen molar-refractivity contribution in [1.29, 1.82) is 0 Å². The van der Waals surface area contributed by atoms with Crippen molar-refractivity contribution in [2.45, 2.75) is 11.8 Å². The first kappa shape index (κ1) is 15.4. The Morgan fingerprint density at radius 1 is 1.37 bits per heavy atom. The number of hydrogen-bond donors (Lipinski definition) is 2. The molecule has 0 saturated heterocycles. The predicted molar refractivity (Wildman–Crippen MR) is 66.8 cm³/mol. The Bertz CT molecular complexity index is 554. The van der Waals surface area contributed by atoms with Crippen LogP contribution in [0.3, 0.4) is 0 Å². The van der Waals surface area contributed by atoms with E-state index in [1.807, 2.05) is 6.92 Å². The van der Waals surface area contributed by atoms with Gasteiger partial charge in [-0.15, -0.1) is 0 Å². The molecule has 0 bridgehead atoms. The van der Waals surface area contributed by atoms with Crippen LogP contribution in [0.4, 0.5) is 0 Å². The fourth-order valence-corrected chi connectivity index (χ4v) is 2.04. The number of carbonyl (C=O) groups is 1. The van der Waals surface area contributed by atoms with Gasteiger partial charge in [-0.2, -0.15) is 0 Å². The summed E-state index contributed by atoms with van der Waals surface area (Å²) in [7, 11) is -4.06. The number of ether oxygens (including phenoxy) is 2. The Kier molecular flexibility index (Phi) is 5.28. The van der Waals surface area contributed by atoms with Gasteiger partial charge in [0, 0.05) is 6.61 Å². The highest BCUT2D eigenvalue weighted by Gasteiger charge is 2.18. The van der Waals surface area contributed by atoms with Crippen molar-refractivity contribution in [1.82, 2.24) is 0 Å². The van der Waals surface area contributed by atoms with Crippen LogP contribution < -0.4 is 9.88 Å². The molecule has 0 aliphatic carbocycles. The van der Waals surface area contributed by atoms with E-state index in [4.69, 9.17) is 19.7 Å². The van der Waals surface area contributed by atoms with E-state index in [0.29, 0.717) is 13.2 Å². The third-order valence-corrected chi connectivity index (χ3v) is 3.12. The van der Waals surface area contributed by atoms with Gasteiger partial charge >= 0.3 is 5.97 Å². The molecule has 7 nitrogen and oxygen atoms in total. The molecule has 0 atom stereocenters. The summed E-state index contributed by atoms with van der Waals surface area (Å²) in [5.41, 5.74) is -0.179. The average molecular weight is 289 g/mol. The van der Waals surface area contributed by atoms with Crippen LogP contribution in [0.5, 0.6) is 5.75 Å². The van der Waals surface area contributed by atoms with Gasteiger partial charge in [-0.25, -0.2) is 18.4 Å². The monoisotopic (exact) mass is 289 g/mol. The zero-order valence-electron chi connectivity index (χ0n) is 10.3. The van der Waals surface area contributed by atoms with Crippen LogP contribution in [0.25, 0.3) is 0 Å². The average Bonchev–Trinajstić information content (AvgIpc) is 2.33. The lowest BCUT2D eigenvalue weighted by Crippen LogP contribution is -2.16. The van der Waals surface area contributed by atoms with Gasteiger partial charge in [-0.05, 0) is 25.1 Å². The highest BCUT2D eigenvalue weighted by atomic mass is 32.2. The van der Waals surface area contributed by atoms with Gasteiger partial charge in [0.25, 0.3) is 0 Å². The zero-order chi connectivity index (χ0) is 14.5. The maximum Gasteiger partial charge on any atom is 0.335 e. The van der Waals surface area contributed by atoms with E-state index >= 15 is 0 Å². The van der Waals surface area contributed by atoms with Crippen LogP contribution in [-0.2, 0) is 14.8 Å². The first-order chi connectivity index (χ1) is 8.86. The summed E-state index contributed by atoms with van der Waals surface area (Å²) >= 11 is 0. The molecule has 1 aromatic rings. The van der Waals surface area contributed by atoms with Crippen LogP contribution in [0, 0.1) is 0 Å². The number of hydrogen-bond acceptors (Lipinski definition) is 5. The molecule has 0 aromatic heterocycles. The second kappa shape index (κ2) is 6.50. The number of rotatable bonds is 7. The molecule has 0 spiro atoms. The van der Waals surface area contributed by atoms with E-state index in [9.17, 15) is 13.2 Å². The van der Waals surface area contributed by atoms with Gasteiger partial charge in [-0.1, -0.05) is 0 Å². The smallest absolute Gasteiger partial charge is 0.335 e. The van der Waals surface area contributed by atoms with Crippen molar-refractivity contribution in [2.24, 2.45) is 5.14 Å². The fourth-order valence-electron chi connectivity index (χ4n) is 1.34. The number of sulfonamides is 1. The Morgan fingerprint density at radius 3 is 2.58 bits per heavy atom. The highest BCUT2D eigenvalue weighted by Crippen LogP contribution is 2.24. The molecule has 1 aromatic carbocycles. The molecule has 19 heavy (non-hydrogen) atoms. The minimum atomic E-state index is -4.06. The van der Waals surface area contributed by atoms with Gasteiger partial charge in [0.05, 0.1) is 12.2 Å². The van der Waals surface area contributed by atoms with Crippen LogP contribution in [-0.4, -0.2) is 39.3 Å². The van der Waals surface area contributed by atoms with E-state index in [1.54, 1.807) is 0 Å². The Hall–Kier alpha value is -1.64. The van der Waals surface area contributed by atoms with Crippen molar-refractivity contribution in [3.8, 4) is 5.75 Å². The van der Waals surface area contributed by atoms with Gasteiger partial charge in [0.2, 0.25) is 10.0 Å². The SMILES string of the molecule is CCOCCOc1ccc(C(=O)O)cc1S(N)(=O)=O. The van der Waals surface area contributed by atoms with E-state index in [-0.39, 0.29) is 22.8 Å². The second-order valence-electron chi connectivity index (χ2n) is 3.56. The van der Waals surface area contributed by atoms with Crippen LogP contribution in [0.2, 0.25) is 0 Å². The largest absolute Gasteiger partial charge is 0.490 e. The van der Waals surface area contributed by atoms with Crippen LogP contribution in [0.15, 0.2) is 23.1 Å². The lowest BCUT2D eigenvalue weighted by atomic mass is 10.2. The Labute approximate surface area is 111 Å². The molecule has 0 amide bonds. The minimum absolute atomic E-state index is 0.00667. The molecule has 0 aliphatic rings. The predicted octanol–water partition coefficient (Wildman–Crippen LogP) is 0.448. The molecule has 0 unspecified atom stereocenters. The van der Waals surface area contributed by atoms with Crippen molar-refractivity contribution >= 4 is 16.0 Å². The van der Waals surface area contributed by atoms with E-state index in [1.165, 1.54) is 12.1 Å². The molecule has 3 N–H and O–H groups in total. The topological polar surface area (TPSA) is 116 Å². The summed E-state index contributed by atoms with van der Waals surface area (Å²) in [5.74, 6) is -1.24. The summed E-state index contributed by atoms with van der Waals surface area (Å²) in [6.07, 6.45) is 0. The molecule has 0 aliphatic heterocycles. The summed E-state index contributed by atoms with van der Waals surface area (Å²) in [6, 6.07) is 3.47. The van der Waals surface area contributed by atoms with Crippen molar-refractivity contribution in [3.05, 3.63) is 23.8 Å². The molecule has 8 heteroatoms. The molecular formula is C11H15NO6S. The van der Waals surface area contributed by atoms with Crippen LogP contribution >= 0.6 is 0 Å².